The van der Waals surface area contributed by atoms with Crippen molar-refractivity contribution in [2.45, 2.75) is 45.4 Å². The largest absolute Gasteiger partial charge is 0.481 e. The number of hydrogen-bond donors (Lipinski definition) is 1. The molecule has 2 heteroatoms. The summed E-state index contributed by atoms with van der Waals surface area (Å²) in [7, 11) is 0. The molecule has 0 aromatic rings. The molecular weight excluding hydrogens is 152 g/mol. The summed E-state index contributed by atoms with van der Waals surface area (Å²) in [6.45, 7) is 2.18. The number of unbranched alkanes of at least 4 members (excludes halogenated alkanes) is 4. The second-order valence-corrected chi connectivity index (χ2v) is 2.92. The fourth-order valence-electron chi connectivity index (χ4n) is 0.991. The van der Waals surface area contributed by atoms with E-state index in [1.54, 1.807) is 6.08 Å². The minimum atomic E-state index is -0.750. The SMILES string of the molecule is CCCCCC/C=C/CC(=O)O. The Morgan fingerprint density at radius 1 is 1.25 bits per heavy atom. The third-order valence-electron chi connectivity index (χ3n) is 1.68. The van der Waals surface area contributed by atoms with Crippen molar-refractivity contribution >= 4 is 5.97 Å². The second-order valence-electron chi connectivity index (χ2n) is 2.92. The first-order chi connectivity index (χ1) is 5.77. The first-order valence-corrected chi connectivity index (χ1v) is 4.64. The number of carboxylic acids is 1. The van der Waals surface area contributed by atoms with Crippen LogP contribution in [-0.4, -0.2) is 11.1 Å². The van der Waals surface area contributed by atoms with Crippen LogP contribution in [0.25, 0.3) is 0 Å². The lowest BCUT2D eigenvalue weighted by Crippen LogP contribution is -1.89. The van der Waals surface area contributed by atoms with E-state index < -0.39 is 5.97 Å². The van der Waals surface area contributed by atoms with Gasteiger partial charge in [0.25, 0.3) is 0 Å². The van der Waals surface area contributed by atoms with Gasteiger partial charge in [-0.1, -0.05) is 38.3 Å². The van der Waals surface area contributed by atoms with E-state index in [0.717, 1.165) is 6.42 Å². The van der Waals surface area contributed by atoms with Crippen molar-refractivity contribution in [3.63, 3.8) is 0 Å². The number of allylic oxidation sites excluding steroid dienone is 1. The van der Waals surface area contributed by atoms with Crippen molar-refractivity contribution in [1.82, 2.24) is 0 Å². The van der Waals surface area contributed by atoms with Crippen molar-refractivity contribution in [3.8, 4) is 0 Å². The molecule has 0 unspecified atom stereocenters. The van der Waals surface area contributed by atoms with Crippen molar-refractivity contribution in [2.24, 2.45) is 0 Å². The molecule has 0 aliphatic rings. The highest BCUT2D eigenvalue weighted by molar-refractivity contribution is 5.68. The zero-order chi connectivity index (χ0) is 9.23. The molecule has 0 heterocycles. The van der Waals surface area contributed by atoms with Gasteiger partial charge in [-0.2, -0.15) is 0 Å². The van der Waals surface area contributed by atoms with Crippen LogP contribution in [0.5, 0.6) is 0 Å². The van der Waals surface area contributed by atoms with Gasteiger partial charge in [0.1, 0.15) is 0 Å². The van der Waals surface area contributed by atoms with Gasteiger partial charge in [-0.3, -0.25) is 4.79 Å². The molecule has 0 bridgehead atoms. The summed E-state index contributed by atoms with van der Waals surface area (Å²) in [5.74, 6) is -0.750. The fraction of sp³-hybridized carbons (Fsp3) is 0.700. The van der Waals surface area contributed by atoms with Gasteiger partial charge in [0.05, 0.1) is 6.42 Å². The summed E-state index contributed by atoms with van der Waals surface area (Å²) in [5, 5.41) is 8.30. The van der Waals surface area contributed by atoms with Gasteiger partial charge in [0.15, 0.2) is 0 Å². The van der Waals surface area contributed by atoms with Crippen LogP contribution in [0.2, 0.25) is 0 Å². The van der Waals surface area contributed by atoms with Gasteiger partial charge >= 0.3 is 5.97 Å². The van der Waals surface area contributed by atoms with Gasteiger partial charge in [-0.15, -0.1) is 0 Å². The Morgan fingerprint density at radius 2 is 2.00 bits per heavy atom. The number of hydrogen-bond acceptors (Lipinski definition) is 1. The fourth-order valence-corrected chi connectivity index (χ4v) is 0.991. The average Bonchev–Trinajstić information content (AvgIpc) is 2.02. The average molecular weight is 170 g/mol. The molecule has 0 rings (SSSR count). The molecule has 2 nitrogen and oxygen atoms in total. The van der Waals surface area contributed by atoms with Crippen LogP contribution >= 0.6 is 0 Å². The molecule has 0 aliphatic carbocycles. The molecule has 0 atom stereocenters. The van der Waals surface area contributed by atoms with E-state index >= 15 is 0 Å². The lowest BCUT2D eigenvalue weighted by molar-refractivity contribution is -0.136. The molecule has 0 saturated heterocycles. The predicted octanol–water partition coefficient (Wildman–Crippen LogP) is 2.99. The Hall–Kier alpha value is -0.790. The maximum Gasteiger partial charge on any atom is 0.307 e. The van der Waals surface area contributed by atoms with E-state index in [4.69, 9.17) is 5.11 Å². The number of carbonyl (C=O) groups is 1. The minimum absolute atomic E-state index is 0.160. The Kier molecular flexibility index (Phi) is 7.76. The molecule has 0 aromatic carbocycles. The van der Waals surface area contributed by atoms with E-state index in [-0.39, 0.29) is 6.42 Å². The Morgan fingerprint density at radius 3 is 2.58 bits per heavy atom. The Bertz CT molecular complexity index is 139. The zero-order valence-electron chi connectivity index (χ0n) is 7.75. The lowest BCUT2D eigenvalue weighted by Gasteiger charge is -1.93. The molecule has 0 fully saturated rings. The highest BCUT2D eigenvalue weighted by atomic mass is 16.4. The number of rotatable bonds is 7. The molecule has 0 spiro atoms. The summed E-state index contributed by atoms with van der Waals surface area (Å²) >= 11 is 0. The number of carboxylic acid groups (broad SMARTS) is 1. The first kappa shape index (κ1) is 11.2. The summed E-state index contributed by atoms with van der Waals surface area (Å²) in [4.78, 5) is 10.1. The summed E-state index contributed by atoms with van der Waals surface area (Å²) in [5.41, 5.74) is 0. The molecule has 0 saturated carbocycles. The first-order valence-electron chi connectivity index (χ1n) is 4.64. The molecule has 0 amide bonds. The van der Waals surface area contributed by atoms with Crippen LogP contribution in [0.4, 0.5) is 0 Å². The van der Waals surface area contributed by atoms with E-state index in [1.165, 1.54) is 25.7 Å². The van der Waals surface area contributed by atoms with Crippen molar-refractivity contribution in [1.29, 1.82) is 0 Å². The molecule has 0 aromatic heterocycles. The van der Waals surface area contributed by atoms with Crippen LogP contribution in [0.1, 0.15) is 45.4 Å². The smallest absolute Gasteiger partial charge is 0.307 e. The van der Waals surface area contributed by atoms with Crippen molar-refractivity contribution in [2.75, 3.05) is 0 Å². The van der Waals surface area contributed by atoms with Crippen LogP contribution in [0.15, 0.2) is 12.2 Å². The zero-order valence-corrected chi connectivity index (χ0v) is 7.75. The molecule has 0 aliphatic heterocycles. The van der Waals surface area contributed by atoms with E-state index in [1.807, 2.05) is 6.08 Å². The highest BCUT2D eigenvalue weighted by Gasteiger charge is 1.88. The summed E-state index contributed by atoms with van der Waals surface area (Å²) in [6.07, 6.45) is 9.85. The maximum absolute atomic E-state index is 10.1. The van der Waals surface area contributed by atoms with E-state index in [9.17, 15) is 4.79 Å². The van der Waals surface area contributed by atoms with Crippen LogP contribution in [-0.2, 0) is 4.79 Å². The van der Waals surface area contributed by atoms with Gasteiger partial charge < -0.3 is 5.11 Å². The minimum Gasteiger partial charge on any atom is -0.481 e. The van der Waals surface area contributed by atoms with Gasteiger partial charge in [-0.25, -0.2) is 0 Å². The van der Waals surface area contributed by atoms with Gasteiger partial charge in [0.2, 0.25) is 0 Å². The molecule has 70 valence electrons. The van der Waals surface area contributed by atoms with Crippen molar-refractivity contribution < 1.29 is 9.90 Å². The van der Waals surface area contributed by atoms with E-state index in [2.05, 4.69) is 6.92 Å². The summed E-state index contributed by atoms with van der Waals surface area (Å²) in [6, 6.07) is 0. The second kappa shape index (κ2) is 8.31. The summed E-state index contributed by atoms with van der Waals surface area (Å²) < 4.78 is 0. The van der Waals surface area contributed by atoms with Crippen LogP contribution in [0, 0.1) is 0 Å². The third kappa shape index (κ3) is 9.21. The van der Waals surface area contributed by atoms with Crippen LogP contribution < -0.4 is 0 Å². The van der Waals surface area contributed by atoms with Crippen molar-refractivity contribution in [3.05, 3.63) is 12.2 Å². The van der Waals surface area contributed by atoms with Gasteiger partial charge in [0, 0.05) is 0 Å². The topological polar surface area (TPSA) is 37.3 Å². The van der Waals surface area contributed by atoms with Crippen LogP contribution in [0.3, 0.4) is 0 Å². The Balaban J connectivity index is 3.08. The lowest BCUT2D eigenvalue weighted by atomic mass is 10.1. The Labute approximate surface area is 74.3 Å². The standard InChI is InChI=1S/C10H18O2/c1-2-3-4-5-6-7-8-9-10(11)12/h7-8H,2-6,9H2,1H3,(H,11,12)/b8-7+. The normalized spacial score (nSPS) is 10.8. The predicted molar refractivity (Wildman–Crippen MR) is 50.2 cm³/mol. The highest BCUT2D eigenvalue weighted by Crippen LogP contribution is 2.02. The molecule has 12 heavy (non-hydrogen) atoms. The maximum atomic E-state index is 10.1. The quantitative estimate of drug-likeness (QED) is 0.471. The molecular formula is C10H18O2. The molecule has 0 radical (unpaired) electrons. The number of aliphatic carboxylic acids is 1. The molecule has 1 N–H and O–H groups in total. The van der Waals surface area contributed by atoms with Gasteiger partial charge in [-0.05, 0) is 12.8 Å². The monoisotopic (exact) mass is 170 g/mol. The third-order valence-corrected chi connectivity index (χ3v) is 1.68. The van der Waals surface area contributed by atoms with E-state index in [0.29, 0.717) is 0 Å².